The van der Waals surface area contributed by atoms with Crippen molar-refractivity contribution in [2.24, 2.45) is 0 Å². The monoisotopic (exact) mass is 345 g/mol. The molecule has 0 aromatic heterocycles. The van der Waals surface area contributed by atoms with Crippen LogP contribution in [-0.4, -0.2) is 5.04 Å². The predicted octanol–water partition coefficient (Wildman–Crippen LogP) is 6.76. The van der Waals surface area contributed by atoms with Crippen molar-refractivity contribution in [2.75, 3.05) is 0 Å². The van der Waals surface area contributed by atoms with Crippen LogP contribution in [0, 0.1) is 11.2 Å². The second-order valence-electron chi connectivity index (χ2n) is 5.06. The maximum Gasteiger partial charge on any atom is 0.123 e. The Morgan fingerprint density at radius 3 is 2.39 bits per heavy atom. The highest BCUT2D eigenvalue weighted by Crippen LogP contribution is 2.28. The van der Waals surface area contributed by atoms with Crippen molar-refractivity contribution in [1.82, 2.24) is 0 Å². The summed E-state index contributed by atoms with van der Waals surface area (Å²) in [7, 11) is 0. The minimum Gasteiger partial charge on any atom is -0.293 e. The standard InChI is InChI=1S/C19H20FNS2/c1-2-3-7-15(14-22-17-12-10-16(20)11-13-17)19(21)23-18-8-5-4-6-9-18/h4-6,8-14,21H,2-3,7H2,1H3/b15-14+,21-19?. The molecule has 0 unspecified atom stereocenters. The van der Waals surface area contributed by atoms with Gasteiger partial charge >= 0.3 is 0 Å². The van der Waals surface area contributed by atoms with Gasteiger partial charge in [-0.3, -0.25) is 5.41 Å². The van der Waals surface area contributed by atoms with Crippen molar-refractivity contribution in [3.63, 3.8) is 0 Å². The van der Waals surface area contributed by atoms with Crippen LogP contribution in [0.3, 0.4) is 0 Å². The lowest BCUT2D eigenvalue weighted by atomic mass is 10.1. The van der Waals surface area contributed by atoms with Gasteiger partial charge in [-0.15, -0.1) is 0 Å². The van der Waals surface area contributed by atoms with Crippen LogP contribution >= 0.6 is 23.5 Å². The fraction of sp³-hybridized carbons (Fsp3) is 0.211. The summed E-state index contributed by atoms with van der Waals surface area (Å²) in [6, 6.07) is 16.4. The van der Waals surface area contributed by atoms with Gasteiger partial charge in [-0.05, 0) is 60.2 Å². The van der Waals surface area contributed by atoms with Crippen LogP contribution in [0.15, 0.2) is 75.4 Å². The molecule has 0 atom stereocenters. The summed E-state index contributed by atoms with van der Waals surface area (Å²) in [6.45, 7) is 2.15. The second kappa shape index (κ2) is 9.58. The van der Waals surface area contributed by atoms with E-state index in [1.165, 1.54) is 23.9 Å². The summed E-state index contributed by atoms with van der Waals surface area (Å²) in [6.07, 6.45) is 3.05. The van der Waals surface area contributed by atoms with Crippen molar-refractivity contribution < 1.29 is 4.39 Å². The molecule has 0 radical (unpaired) electrons. The number of nitrogens with one attached hydrogen (secondary N) is 1. The van der Waals surface area contributed by atoms with E-state index >= 15 is 0 Å². The van der Waals surface area contributed by atoms with E-state index < -0.39 is 0 Å². The Bertz CT molecular complexity index is 651. The van der Waals surface area contributed by atoms with Crippen LogP contribution in [0.5, 0.6) is 0 Å². The fourth-order valence-corrected chi connectivity index (χ4v) is 3.62. The van der Waals surface area contributed by atoms with E-state index in [9.17, 15) is 4.39 Å². The molecule has 1 N–H and O–H groups in total. The molecule has 23 heavy (non-hydrogen) atoms. The largest absolute Gasteiger partial charge is 0.293 e. The van der Waals surface area contributed by atoms with Crippen LogP contribution < -0.4 is 0 Å². The van der Waals surface area contributed by atoms with Gasteiger partial charge in [-0.25, -0.2) is 4.39 Å². The van der Waals surface area contributed by atoms with Gasteiger partial charge in [0.1, 0.15) is 5.82 Å². The molecule has 120 valence electrons. The van der Waals surface area contributed by atoms with E-state index in [0.29, 0.717) is 5.04 Å². The molecule has 0 aliphatic rings. The average Bonchev–Trinajstić information content (AvgIpc) is 2.57. The van der Waals surface area contributed by atoms with E-state index in [-0.39, 0.29) is 5.82 Å². The van der Waals surface area contributed by atoms with Gasteiger partial charge in [-0.2, -0.15) is 0 Å². The molecule has 0 amide bonds. The second-order valence-corrected chi connectivity index (χ2v) is 7.09. The van der Waals surface area contributed by atoms with Crippen molar-refractivity contribution in [3.8, 4) is 0 Å². The Morgan fingerprint density at radius 2 is 1.74 bits per heavy atom. The third-order valence-electron chi connectivity index (χ3n) is 3.21. The molecule has 0 heterocycles. The van der Waals surface area contributed by atoms with Crippen molar-refractivity contribution in [1.29, 1.82) is 5.41 Å². The first-order chi connectivity index (χ1) is 11.2. The van der Waals surface area contributed by atoms with Gasteiger partial charge in [0.05, 0.1) is 5.04 Å². The van der Waals surface area contributed by atoms with Crippen molar-refractivity contribution >= 4 is 28.6 Å². The quantitative estimate of drug-likeness (QED) is 0.340. The first-order valence-electron chi connectivity index (χ1n) is 7.62. The summed E-state index contributed by atoms with van der Waals surface area (Å²) in [5, 5.41) is 11.0. The molecule has 0 aliphatic heterocycles. The number of thioether (sulfide) groups is 2. The Kier molecular flexibility index (Phi) is 7.43. The van der Waals surface area contributed by atoms with Crippen LogP contribution in [0.1, 0.15) is 26.2 Å². The van der Waals surface area contributed by atoms with Crippen molar-refractivity contribution in [2.45, 2.75) is 36.0 Å². The van der Waals surface area contributed by atoms with E-state index in [1.54, 1.807) is 23.9 Å². The van der Waals surface area contributed by atoms with Crippen LogP contribution in [0.4, 0.5) is 4.39 Å². The lowest BCUT2D eigenvalue weighted by molar-refractivity contribution is 0.626. The third-order valence-corrected chi connectivity index (χ3v) is 5.13. The Hall–Kier alpha value is -1.52. The van der Waals surface area contributed by atoms with Gasteiger partial charge in [0.2, 0.25) is 0 Å². The first kappa shape index (κ1) is 17.8. The lowest BCUT2D eigenvalue weighted by Gasteiger charge is -2.09. The van der Waals surface area contributed by atoms with Gasteiger partial charge < -0.3 is 0 Å². The SMILES string of the molecule is CCCC/C(=C\Sc1ccc(F)cc1)C(=N)Sc1ccccc1. The lowest BCUT2D eigenvalue weighted by Crippen LogP contribution is -1.96. The Labute approximate surface area is 145 Å². The molecule has 0 bridgehead atoms. The molecule has 0 saturated carbocycles. The summed E-state index contributed by atoms with van der Waals surface area (Å²) in [4.78, 5) is 2.06. The molecular formula is C19H20FNS2. The highest BCUT2D eigenvalue weighted by Gasteiger charge is 2.08. The molecule has 0 aliphatic carbocycles. The molecule has 4 heteroatoms. The van der Waals surface area contributed by atoms with Gasteiger partial charge in [0.25, 0.3) is 0 Å². The number of hydrogen-bond donors (Lipinski definition) is 1. The Morgan fingerprint density at radius 1 is 1.04 bits per heavy atom. The minimum atomic E-state index is -0.225. The van der Waals surface area contributed by atoms with Crippen LogP contribution in [-0.2, 0) is 0 Å². The normalized spacial score (nSPS) is 11.5. The zero-order valence-electron chi connectivity index (χ0n) is 13.1. The topological polar surface area (TPSA) is 23.9 Å². The smallest absolute Gasteiger partial charge is 0.123 e. The van der Waals surface area contributed by atoms with E-state index in [2.05, 4.69) is 6.92 Å². The van der Waals surface area contributed by atoms with Crippen LogP contribution in [0.25, 0.3) is 0 Å². The number of rotatable bonds is 7. The van der Waals surface area contributed by atoms with Gasteiger partial charge in [0, 0.05) is 9.79 Å². The molecule has 0 fully saturated rings. The predicted molar refractivity (Wildman–Crippen MR) is 99.9 cm³/mol. The summed E-state index contributed by atoms with van der Waals surface area (Å²) < 4.78 is 13.0. The molecule has 1 nitrogen and oxygen atoms in total. The third kappa shape index (κ3) is 6.24. The number of halogens is 1. The maximum absolute atomic E-state index is 13.0. The number of unbranched alkanes of at least 4 members (excludes halogenated alkanes) is 1. The number of hydrogen-bond acceptors (Lipinski definition) is 3. The van der Waals surface area contributed by atoms with E-state index in [1.807, 2.05) is 35.7 Å². The molecule has 2 rings (SSSR count). The summed E-state index contributed by atoms with van der Waals surface area (Å²) in [5.74, 6) is -0.225. The van der Waals surface area contributed by atoms with E-state index in [4.69, 9.17) is 5.41 Å². The zero-order chi connectivity index (χ0) is 16.5. The summed E-state index contributed by atoms with van der Waals surface area (Å²) in [5.41, 5.74) is 1.04. The molecule has 0 spiro atoms. The van der Waals surface area contributed by atoms with Crippen LogP contribution in [0.2, 0.25) is 0 Å². The van der Waals surface area contributed by atoms with Crippen molar-refractivity contribution in [3.05, 3.63) is 71.4 Å². The molecule has 2 aromatic carbocycles. The highest BCUT2D eigenvalue weighted by atomic mass is 32.2. The Balaban J connectivity index is 2.06. The first-order valence-corrected chi connectivity index (χ1v) is 9.31. The van der Waals surface area contributed by atoms with Gasteiger partial charge in [-0.1, -0.05) is 55.1 Å². The van der Waals surface area contributed by atoms with Gasteiger partial charge in [0.15, 0.2) is 0 Å². The zero-order valence-corrected chi connectivity index (χ0v) is 14.7. The van der Waals surface area contributed by atoms with E-state index in [0.717, 1.165) is 34.6 Å². The molecule has 0 saturated heterocycles. The molecular weight excluding hydrogens is 325 g/mol. The maximum atomic E-state index is 13.0. The minimum absolute atomic E-state index is 0.225. The summed E-state index contributed by atoms with van der Waals surface area (Å²) >= 11 is 3.03. The fourth-order valence-electron chi connectivity index (χ4n) is 1.92. The molecule has 2 aromatic rings. The highest BCUT2D eigenvalue weighted by molar-refractivity contribution is 8.14. The average molecular weight is 346 g/mol. The number of benzene rings is 2.